The van der Waals surface area contributed by atoms with Crippen LogP contribution in [0, 0.1) is 5.92 Å². The van der Waals surface area contributed by atoms with Gasteiger partial charge in [0.25, 0.3) is 0 Å². The predicted molar refractivity (Wildman–Crippen MR) is 143 cm³/mol. The molecule has 1 unspecified atom stereocenters. The number of β-amino-alcohol motifs (C(OH)–C–C–N with tert-alkyl or cyclic N) is 1. The first-order valence-corrected chi connectivity index (χ1v) is 13.8. The molecule has 1 atom stereocenters. The van der Waals surface area contributed by atoms with Crippen LogP contribution in [0.15, 0.2) is 54.6 Å². The fraction of sp³-hybridized carbons (Fsp3) is 0.581. The fourth-order valence-electron chi connectivity index (χ4n) is 7.09. The first-order valence-electron chi connectivity index (χ1n) is 13.8. The molecule has 0 aromatic heterocycles. The molecule has 2 saturated carbocycles. The van der Waals surface area contributed by atoms with Crippen LogP contribution in [-0.4, -0.2) is 52.3 Å². The van der Waals surface area contributed by atoms with Crippen molar-refractivity contribution in [3.8, 4) is 5.75 Å². The van der Waals surface area contributed by atoms with Gasteiger partial charge < -0.3 is 19.6 Å². The number of hydrogen-bond acceptors (Lipinski definition) is 3. The summed E-state index contributed by atoms with van der Waals surface area (Å²) in [5.41, 5.74) is 1.72. The van der Waals surface area contributed by atoms with Crippen LogP contribution in [-0.2, 0) is 12.0 Å². The van der Waals surface area contributed by atoms with Crippen LogP contribution in [0.4, 0.5) is 4.79 Å². The second-order valence-electron chi connectivity index (χ2n) is 11.7. The first-order chi connectivity index (χ1) is 17.3. The number of ether oxygens (including phenoxy) is 1. The van der Waals surface area contributed by atoms with Gasteiger partial charge in [0.15, 0.2) is 0 Å². The summed E-state index contributed by atoms with van der Waals surface area (Å²) in [5, 5.41) is 11.1. The third-order valence-electron chi connectivity index (χ3n) is 9.78. The Balaban J connectivity index is 1.43. The molecule has 36 heavy (non-hydrogen) atoms. The number of benzene rings is 2. The molecule has 1 spiro atoms. The van der Waals surface area contributed by atoms with E-state index in [0.29, 0.717) is 19.0 Å². The maximum atomic E-state index is 13.9. The average Bonchev–Trinajstić information content (AvgIpc) is 3.13. The van der Waals surface area contributed by atoms with E-state index >= 15 is 0 Å². The lowest BCUT2D eigenvalue weighted by atomic mass is 9.58. The van der Waals surface area contributed by atoms with E-state index in [1.165, 1.54) is 5.56 Å². The molecule has 1 aliphatic heterocycles. The third-order valence-corrected chi connectivity index (χ3v) is 9.78. The van der Waals surface area contributed by atoms with Gasteiger partial charge in [0.2, 0.25) is 0 Å². The maximum absolute atomic E-state index is 13.9. The number of rotatable bonds is 8. The zero-order valence-electron chi connectivity index (χ0n) is 22.2. The Morgan fingerprint density at radius 1 is 1.00 bits per heavy atom. The van der Waals surface area contributed by atoms with Crippen molar-refractivity contribution in [2.75, 3.05) is 20.2 Å². The van der Waals surface area contributed by atoms with E-state index in [1.807, 2.05) is 23.1 Å². The van der Waals surface area contributed by atoms with Crippen molar-refractivity contribution in [1.29, 1.82) is 0 Å². The summed E-state index contributed by atoms with van der Waals surface area (Å²) in [6, 6.07) is 19.1. The van der Waals surface area contributed by atoms with Crippen molar-refractivity contribution in [3.63, 3.8) is 0 Å². The van der Waals surface area contributed by atoms with Crippen LogP contribution >= 0.6 is 0 Å². The second-order valence-corrected chi connectivity index (χ2v) is 11.7. The Hall–Kier alpha value is -2.53. The molecule has 0 radical (unpaired) electrons. The molecule has 2 aliphatic carbocycles. The number of carbonyl (C=O) groups excluding carboxylic acids is 1. The van der Waals surface area contributed by atoms with Gasteiger partial charge in [-0.1, -0.05) is 62.7 Å². The largest absolute Gasteiger partial charge is 0.497 e. The van der Waals surface area contributed by atoms with Crippen molar-refractivity contribution in [2.24, 2.45) is 5.92 Å². The van der Waals surface area contributed by atoms with Crippen molar-refractivity contribution in [2.45, 2.75) is 88.3 Å². The van der Waals surface area contributed by atoms with Crippen molar-refractivity contribution in [3.05, 3.63) is 65.7 Å². The minimum Gasteiger partial charge on any atom is -0.497 e. The zero-order chi connectivity index (χ0) is 25.4. The zero-order valence-corrected chi connectivity index (χ0v) is 22.2. The number of methoxy groups -OCH3 is 1. The number of amides is 2. The van der Waals surface area contributed by atoms with Crippen molar-refractivity contribution in [1.82, 2.24) is 9.80 Å². The van der Waals surface area contributed by atoms with Gasteiger partial charge in [0.05, 0.1) is 24.8 Å². The molecule has 3 fully saturated rings. The SMILES string of the molecule is CCC(C)[C@]1(c2ccccc2)CC[C@]2(CC1)CN(Cc1cccc(OC)c1)C(=O)N2CC1(O)CCC1. The van der Waals surface area contributed by atoms with Gasteiger partial charge in [0.1, 0.15) is 5.75 Å². The van der Waals surface area contributed by atoms with E-state index in [9.17, 15) is 9.90 Å². The van der Waals surface area contributed by atoms with Crippen LogP contribution in [0.25, 0.3) is 0 Å². The molecule has 5 rings (SSSR count). The van der Waals surface area contributed by atoms with Gasteiger partial charge in [-0.15, -0.1) is 0 Å². The molecule has 2 amide bonds. The summed E-state index contributed by atoms with van der Waals surface area (Å²) in [7, 11) is 1.68. The Labute approximate surface area is 216 Å². The molecule has 1 saturated heterocycles. The van der Waals surface area contributed by atoms with Gasteiger partial charge >= 0.3 is 6.03 Å². The molecular formula is C31H42N2O3. The summed E-state index contributed by atoms with van der Waals surface area (Å²) in [5.74, 6) is 1.39. The molecular weight excluding hydrogens is 448 g/mol. The molecule has 2 aromatic carbocycles. The standard InChI is InChI=1S/C31H42N2O3/c1-4-24(2)31(26-11-6-5-7-12-26)18-16-29(17-19-31)22-32(21-25-10-8-13-27(20-25)36-3)28(34)33(29)23-30(35)14-9-15-30/h5-8,10-13,20,24,35H,4,9,14-19,21-23H2,1-3H3/t24?,29-,31-. The van der Waals surface area contributed by atoms with Crippen LogP contribution in [0.5, 0.6) is 5.75 Å². The van der Waals surface area contributed by atoms with Gasteiger partial charge in [-0.3, -0.25) is 0 Å². The van der Waals surface area contributed by atoms with Crippen LogP contribution in [0.1, 0.15) is 76.3 Å². The Bertz CT molecular complexity index is 1060. The van der Waals surface area contributed by atoms with E-state index in [4.69, 9.17) is 4.74 Å². The van der Waals surface area contributed by atoms with Gasteiger partial charge in [-0.05, 0) is 79.5 Å². The predicted octanol–water partition coefficient (Wildman–Crippen LogP) is 6.14. The lowest BCUT2D eigenvalue weighted by molar-refractivity contribution is -0.0696. The highest BCUT2D eigenvalue weighted by Gasteiger charge is 2.56. The quantitative estimate of drug-likeness (QED) is 0.483. The van der Waals surface area contributed by atoms with Gasteiger partial charge in [-0.25, -0.2) is 4.79 Å². The lowest BCUT2D eigenvalue weighted by Gasteiger charge is -2.52. The fourth-order valence-corrected chi connectivity index (χ4v) is 7.09. The second kappa shape index (κ2) is 9.74. The normalized spacial score (nSPS) is 28.3. The highest BCUT2D eigenvalue weighted by atomic mass is 16.5. The van der Waals surface area contributed by atoms with Crippen LogP contribution < -0.4 is 4.74 Å². The summed E-state index contributed by atoms with van der Waals surface area (Å²) >= 11 is 0. The molecule has 194 valence electrons. The number of carbonyl (C=O) groups is 1. The summed E-state index contributed by atoms with van der Waals surface area (Å²) in [6.07, 6.45) is 7.87. The maximum Gasteiger partial charge on any atom is 0.321 e. The van der Waals surface area contributed by atoms with Crippen LogP contribution in [0.3, 0.4) is 0 Å². The molecule has 2 aromatic rings. The topological polar surface area (TPSA) is 53.0 Å². The van der Waals surface area contributed by atoms with E-state index in [2.05, 4.69) is 55.1 Å². The molecule has 1 N–H and O–H groups in total. The highest BCUT2D eigenvalue weighted by molar-refractivity contribution is 5.78. The number of urea groups is 1. The lowest BCUT2D eigenvalue weighted by Crippen LogP contribution is -2.58. The molecule has 5 heteroatoms. The highest BCUT2D eigenvalue weighted by Crippen LogP contribution is 2.53. The monoisotopic (exact) mass is 490 g/mol. The summed E-state index contributed by atoms with van der Waals surface area (Å²) < 4.78 is 5.42. The van der Waals surface area contributed by atoms with Crippen LogP contribution in [0.2, 0.25) is 0 Å². The average molecular weight is 491 g/mol. The minimum absolute atomic E-state index is 0.0777. The Morgan fingerprint density at radius 2 is 1.72 bits per heavy atom. The molecule has 0 bridgehead atoms. The van der Waals surface area contributed by atoms with Crippen molar-refractivity contribution >= 4 is 6.03 Å². The van der Waals surface area contributed by atoms with E-state index in [1.54, 1.807) is 7.11 Å². The van der Waals surface area contributed by atoms with Gasteiger partial charge in [-0.2, -0.15) is 0 Å². The van der Waals surface area contributed by atoms with Gasteiger partial charge in [0, 0.05) is 13.1 Å². The number of nitrogens with zero attached hydrogens (tertiary/aromatic N) is 2. The summed E-state index contributed by atoms with van der Waals surface area (Å²) in [4.78, 5) is 18.0. The smallest absolute Gasteiger partial charge is 0.321 e. The number of aliphatic hydroxyl groups is 1. The van der Waals surface area contributed by atoms with Crippen molar-refractivity contribution < 1.29 is 14.6 Å². The summed E-state index contributed by atoms with van der Waals surface area (Å²) in [6.45, 7) is 6.45. The Morgan fingerprint density at radius 3 is 2.33 bits per heavy atom. The first kappa shape index (κ1) is 25.1. The van der Waals surface area contributed by atoms with E-state index in [-0.39, 0.29) is 17.0 Å². The molecule has 5 nitrogen and oxygen atoms in total. The molecule has 3 aliphatic rings. The Kier molecular flexibility index (Phi) is 6.80. The number of hydrogen-bond donors (Lipinski definition) is 1. The minimum atomic E-state index is -0.723. The molecule has 1 heterocycles. The van der Waals surface area contributed by atoms with E-state index < -0.39 is 5.60 Å². The third kappa shape index (κ3) is 4.40. The van der Waals surface area contributed by atoms with E-state index in [0.717, 1.165) is 69.2 Å².